The normalized spacial score (nSPS) is 11.0. The number of amides is 1. The second-order valence-electron chi connectivity index (χ2n) is 5.05. The van der Waals surface area contributed by atoms with Crippen LogP contribution in [0.2, 0.25) is 0 Å². The molecule has 126 valence electrons. The summed E-state index contributed by atoms with van der Waals surface area (Å²) >= 11 is 0. The first-order valence-electron chi connectivity index (χ1n) is 7.90. The molecule has 0 saturated carbocycles. The van der Waals surface area contributed by atoms with E-state index in [4.69, 9.17) is 14.2 Å². The molecule has 0 fully saturated rings. The van der Waals surface area contributed by atoms with Gasteiger partial charge in [0.05, 0.1) is 39.6 Å². The van der Waals surface area contributed by atoms with Crippen LogP contribution >= 0.6 is 0 Å². The van der Waals surface area contributed by atoms with Gasteiger partial charge in [-0.25, -0.2) is 0 Å². The standard InChI is InChI=1S/C15H32N2O4/c1-4-5-15(18)17-7-9-20-11-13-21-12-10-19-8-6-16-14(2)3/h14,16H,4-13H2,1-3H3,(H,17,18). The fourth-order valence-corrected chi connectivity index (χ4v) is 1.54. The van der Waals surface area contributed by atoms with E-state index in [1.54, 1.807) is 0 Å². The quantitative estimate of drug-likeness (QED) is 0.441. The van der Waals surface area contributed by atoms with Gasteiger partial charge in [0, 0.05) is 25.6 Å². The molecule has 0 rings (SSSR count). The lowest BCUT2D eigenvalue weighted by Crippen LogP contribution is -2.27. The van der Waals surface area contributed by atoms with Crippen molar-refractivity contribution in [1.29, 1.82) is 0 Å². The molecule has 0 aliphatic carbocycles. The first-order chi connectivity index (χ1) is 10.2. The van der Waals surface area contributed by atoms with E-state index in [2.05, 4.69) is 24.5 Å². The Labute approximate surface area is 128 Å². The molecule has 0 aliphatic rings. The molecule has 0 unspecified atom stereocenters. The van der Waals surface area contributed by atoms with Gasteiger partial charge in [-0.15, -0.1) is 0 Å². The third-order valence-electron chi connectivity index (χ3n) is 2.59. The van der Waals surface area contributed by atoms with Gasteiger partial charge >= 0.3 is 0 Å². The van der Waals surface area contributed by atoms with Crippen LogP contribution in [0, 0.1) is 0 Å². The SMILES string of the molecule is CCCC(=O)NCCOCCOCCOCCNC(C)C. The minimum Gasteiger partial charge on any atom is -0.378 e. The number of ether oxygens (including phenoxy) is 3. The Morgan fingerprint density at radius 3 is 1.95 bits per heavy atom. The van der Waals surface area contributed by atoms with E-state index < -0.39 is 0 Å². The summed E-state index contributed by atoms with van der Waals surface area (Å²) in [6.45, 7) is 11.1. The van der Waals surface area contributed by atoms with Gasteiger partial charge in [-0.1, -0.05) is 20.8 Å². The molecule has 6 nitrogen and oxygen atoms in total. The third-order valence-corrected chi connectivity index (χ3v) is 2.59. The fraction of sp³-hybridized carbons (Fsp3) is 0.933. The summed E-state index contributed by atoms with van der Waals surface area (Å²) in [4.78, 5) is 11.2. The van der Waals surface area contributed by atoms with Gasteiger partial charge in [0.25, 0.3) is 0 Å². The number of hydrogen-bond acceptors (Lipinski definition) is 5. The first-order valence-corrected chi connectivity index (χ1v) is 7.90. The Hall–Kier alpha value is -0.690. The molecule has 0 aromatic rings. The average Bonchev–Trinajstić information content (AvgIpc) is 2.44. The maximum Gasteiger partial charge on any atom is 0.220 e. The van der Waals surface area contributed by atoms with Crippen molar-refractivity contribution in [3.05, 3.63) is 0 Å². The summed E-state index contributed by atoms with van der Waals surface area (Å²) < 4.78 is 16.1. The first kappa shape index (κ1) is 20.3. The smallest absolute Gasteiger partial charge is 0.220 e. The van der Waals surface area contributed by atoms with Crippen LogP contribution in [0.15, 0.2) is 0 Å². The second-order valence-corrected chi connectivity index (χ2v) is 5.05. The molecule has 21 heavy (non-hydrogen) atoms. The van der Waals surface area contributed by atoms with Gasteiger partial charge in [0.2, 0.25) is 5.91 Å². The fourth-order valence-electron chi connectivity index (χ4n) is 1.54. The summed E-state index contributed by atoms with van der Waals surface area (Å²) in [5, 5.41) is 6.07. The summed E-state index contributed by atoms with van der Waals surface area (Å²) in [6.07, 6.45) is 1.45. The highest BCUT2D eigenvalue weighted by atomic mass is 16.5. The lowest BCUT2D eigenvalue weighted by Gasteiger charge is -2.09. The van der Waals surface area contributed by atoms with E-state index in [0.717, 1.165) is 13.0 Å². The number of carbonyl (C=O) groups is 1. The Balaban J connectivity index is 3.04. The van der Waals surface area contributed by atoms with E-state index in [0.29, 0.717) is 58.6 Å². The summed E-state index contributed by atoms with van der Waals surface area (Å²) in [5.41, 5.74) is 0. The molecule has 0 radical (unpaired) electrons. The van der Waals surface area contributed by atoms with Crippen LogP contribution in [-0.4, -0.2) is 64.7 Å². The largest absolute Gasteiger partial charge is 0.378 e. The second kappa shape index (κ2) is 15.7. The lowest BCUT2D eigenvalue weighted by atomic mass is 10.3. The van der Waals surface area contributed by atoms with Crippen LogP contribution in [0.4, 0.5) is 0 Å². The minimum atomic E-state index is 0.0847. The lowest BCUT2D eigenvalue weighted by molar-refractivity contribution is -0.121. The highest BCUT2D eigenvalue weighted by molar-refractivity contribution is 5.75. The number of carbonyl (C=O) groups excluding carboxylic acids is 1. The van der Waals surface area contributed by atoms with Crippen molar-refractivity contribution in [2.45, 2.75) is 39.7 Å². The number of rotatable bonds is 15. The maximum absolute atomic E-state index is 11.2. The molecule has 0 aromatic heterocycles. The Morgan fingerprint density at radius 2 is 1.43 bits per heavy atom. The molecule has 0 saturated heterocycles. The van der Waals surface area contributed by atoms with Crippen LogP contribution < -0.4 is 10.6 Å². The molecular weight excluding hydrogens is 272 g/mol. The average molecular weight is 304 g/mol. The molecule has 0 atom stereocenters. The summed E-state index contributed by atoms with van der Waals surface area (Å²) in [7, 11) is 0. The highest BCUT2D eigenvalue weighted by Gasteiger charge is 1.97. The van der Waals surface area contributed by atoms with E-state index in [1.807, 2.05) is 6.92 Å². The zero-order chi connectivity index (χ0) is 15.8. The zero-order valence-corrected chi connectivity index (χ0v) is 13.8. The van der Waals surface area contributed by atoms with Crippen molar-refractivity contribution in [2.24, 2.45) is 0 Å². The molecule has 0 aliphatic heterocycles. The predicted molar refractivity (Wildman–Crippen MR) is 83.5 cm³/mol. The topological polar surface area (TPSA) is 68.8 Å². The molecule has 0 aromatic carbocycles. The van der Waals surface area contributed by atoms with Gasteiger partial charge in [0.1, 0.15) is 0 Å². The van der Waals surface area contributed by atoms with E-state index in [-0.39, 0.29) is 5.91 Å². The van der Waals surface area contributed by atoms with Crippen molar-refractivity contribution in [3.8, 4) is 0 Å². The maximum atomic E-state index is 11.2. The summed E-state index contributed by atoms with van der Waals surface area (Å²) in [6, 6.07) is 0.494. The van der Waals surface area contributed by atoms with Crippen LogP contribution in [0.1, 0.15) is 33.6 Å². The van der Waals surface area contributed by atoms with Crippen molar-refractivity contribution in [2.75, 3.05) is 52.7 Å². The zero-order valence-electron chi connectivity index (χ0n) is 13.8. The predicted octanol–water partition coefficient (Wildman–Crippen LogP) is 0.951. The Bertz CT molecular complexity index is 238. The van der Waals surface area contributed by atoms with Crippen molar-refractivity contribution in [3.63, 3.8) is 0 Å². The highest BCUT2D eigenvalue weighted by Crippen LogP contribution is 1.85. The van der Waals surface area contributed by atoms with Gasteiger partial charge < -0.3 is 24.8 Å². The van der Waals surface area contributed by atoms with Crippen LogP contribution in [0.3, 0.4) is 0 Å². The van der Waals surface area contributed by atoms with Gasteiger partial charge in [-0.3, -0.25) is 4.79 Å². The molecular formula is C15H32N2O4. The number of nitrogens with one attached hydrogen (secondary N) is 2. The third kappa shape index (κ3) is 17.3. The number of hydrogen-bond donors (Lipinski definition) is 2. The van der Waals surface area contributed by atoms with E-state index in [1.165, 1.54) is 0 Å². The van der Waals surface area contributed by atoms with E-state index >= 15 is 0 Å². The van der Waals surface area contributed by atoms with Gasteiger partial charge in [-0.2, -0.15) is 0 Å². The molecule has 0 spiro atoms. The van der Waals surface area contributed by atoms with E-state index in [9.17, 15) is 4.79 Å². The Kier molecular flexibility index (Phi) is 15.2. The Morgan fingerprint density at radius 1 is 0.905 bits per heavy atom. The van der Waals surface area contributed by atoms with Crippen LogP contribution in [0.25, 0.3) is 0 Å². The van der Waals surface area contributed by atoms with Crippen LogP contribution in [0.5, 0.6) is 0 Å². The van der Waals surface area contributed by atoms with Gasteiger partial charge in [-0.05, 0) is 6.42 Å². The summed E-state index contributed by atoms with van der Waals surface area (Å²) in [5.74, 6) is 0.0847. The van der Waals surface area contributed by atoms with Crippen molar-refractivity contribution in [1.82, 2.24) is 10.6 Å². The van der Waals surface area contributed by atoms with Crippen LogP contribution in [-0.2, 0) is 19.0 Å². The molecule has 6 heteroatoms. The van der Waals surface area contributed by atoms with Gasteiger partial charge in [0.15, 0.2) is 0 Å². The molecule has 1 amide bonds. The molecule has 0 heterocycles. The molecule has 0 bridgehead atoms. The molecule has 2 N–H and O–H groups in total. The minimum absolute atomic E-state index is 0.0847. The van der Waals surface area contributed by atoms with Crippen molar-refractivity contribution >= 4 is 5.91 Å². The van der Waals surface area contributed by atoms with Crippen molar-refractivity contribution < 1.29 is 19.0 Å². The monoisotopic (exact) mass is 304 g/mol.